The van der Waals surface area contributed by atoms with Crippen molar-refractivity contribution in [2.24, 2.45) is 10.7 Å². The van der Waals surface area contributed by atoms with E-state index >= 15 is 0 Å². The second kappa shape index (κ2) is 7.99. The molecule has 0 aromatic heterocycles. The number of nitrogens with one attached hydrogen (secondary N) is 1. The highest BCUT2D eigenvalue weighted by atomic mass is 19.4. The molecule has 1 atom stereocenters. The molecule has 11 heteroatoms. The number of nitrogens with zero attached hydrogens (tertiary/aromatic N) is 4. The van der Waals surface area contributed by atoms with Crippen LogP contribution in [0.2, 0.25) is 0 Å². The summed E-state index contributed by atoms with van der Waals surface area (Å²) >= 11 is 0. The van der Waals surface area contributed by atoms with Crippen LogP contribution in [0.5, 0.6) is 0 Å². The summed E-state index contributed by atoms with van der Waals surface area (Å²) in [4.78, 5) is 29.9. The molecule has 3 amide bonds. The van der Waals surface area contributed by atoms with E-state index in [-0.39, 0.29) is 24.2 Å². The van der Waals surface area contributed by atoms with Crippen LogP contribution in [0, 0.1) is 11.3 Å². The predicted octanol–water partition coefficient (Wildman–Crippen LogP) is 1.80. The highest BCUT2D eigenvalue weighted by Gasteiger charge is 2.31. The molecule has 8 nitrogen and oxygen atoms in total. The van der Waals surface area contributed by atoms with E-state index in [2.05, 4.69) is 10.3 Å². The zero-order valence-corrected chi connectivity index (χ0v) is 15.0. The van der Waals surface area contributed by atoms with Crippen LogP contribution in [0.3, 0.4) is 0 Å². The number of benzene rings is 1. The van der Waals surface area contributed by atoms with Crippen LogP contribution in [0.25, 0.3) is 0 Å². The summed E-state index contributed by atoms with van der Waals surface area (Å²) < 4.78 is 38.5. The van der Waals surface area contributed by atoms with Gasteiger partial charge in [-0.05, 0) is 25.1 Å². The molecule has 3 N–H and O–H groups in total. The minimum Gasteiger partial charge on any atom is -0.369 e. The molecular weight excluding hydrogens is 377 g/mol. The van der Waals surface area contributed by atoms with Crippen LogP contribution in [0.4, 0.5) is 23.7 Å². The lowest BCUT2D eigenvalue weighted by Gasteiger charge is -2.18. The lowest BCUT2D eigenvalue weighted by Crippen LogP contribution is -2.39. The van der Waals surface area contributed by atoms with E-state index < -0.39 is 29.3 Å². The van der Waals surface area contributed by atoms with Crippen LogP contribution in [0.1, 0.15) is 12.5 Å². The van der Waals surface area contributed by atoms with Crippen molar-refractivity contribution < 1.29 is 22.8 Å². The van der Waals surface area contributed by atoms with Crippen molar-refractivity contribution in [1.29, 1.82) is 5.26 Å². The largest absolute Gasteiger partial charge is 0.416 e. The fraction of sp³-hybridized carbons (Fsp3) is 0.294. The average Bonchev–Trinajstić information content (AvgIpc) is 2.98. The minimum atomic E-state index is -4.57. The molecular formula is C17H17F3N6O2. The van der Waals surface area contributed by atoms with Gasteiger partial charge in [-0.25, -0.2) is 9.79 Å². The van der Waals surface area contributed by atoms with Crippen LogP contribution < -0.4 is 16.0 Å². The number of likely N-dealkylation sites (N-methyl/N-ethyl adjacent to an activating group) is 1. The summed E-state index contributed by atoms with van der Waals surface area (Å²) in [7, 11) is 1.23. The second-order valence-corrected chi connectivity index (χ2v) is 6.02. The number of hydrogen-bond acceptors (Lipinski definition) is 4. The molecule has 1 aromatic carbocycles. The number of carbonyl (C=O) groups excluding carboxylic acids is 2. The number of alkyl halides is 3. The molecule has 0 radical (unpaired) electrons. The van der Waals surface area contributed by atoms with Gasteiger partial charge in [-0.2, -0.15) is 18.4 Å². The third-order valence-corrected chi connectivity index (χ3v) is 3.89. The van der Waals surface area contributed by atoms with Gasteiger partial charge in [-0.1, -0.05) is 6.07 Å². The normalized spacial score (nSPS) is 17.9. The SMILES string of the molecule is CC1CN(C(N)=NC=C(C#N)C(=O)N(C)c2cccc(C(F)(F)F)c2)C(=O)N1. The number of guanidine groups is 1. The molecule has 0 spiro atoms. The Balaban J connectivity index is 2.23. The van der Waals surface area contributed by atoms with Gasteiger partial charge in [-0.3, -0.25) is 9.69 Å². The summed E-state index contributed by atoms with van der Waals surface area (Å²) in [5.74, 6) is -1.10. The maximum Gasteiger partial charge on any atom is 0.416 e. The van der Waals surface area contributed by atoms with Gasteiger partial charge in [0, 0.05) is 18.8 Å². The highest BCUT2D eigenvalue weighted by Crippen LogP contribution is 2.31. The van der Waals surface area contributed by atoms with E-state index in [0.29, 0.717) is 0 Å². The van der Waals surface area contributed by atoms with Gasteiger partial charge in [0.2, 0.25) is 5.96 Å². The van der Waals surface area contributed by atoms with Crippen LogP contribution in [0.15, 0.2) is 41.0 Å². The Kier molecular flexibility index (Phi) is 5.93. The first kappa shape index (κ1) is 20.8. The third kappa shape index (κ3) is 4.59. The van der Waals surface area contributed by atoms with Gasteiger partial charge < -0.3 is 16.0 Å². The average molecular weight is 394 g/mol. The predicted molar refractivity (Wildman–Crippen MR) is 94.9 cm³/mol. The summed E-state index contributed by atoms with van der Waals surface area (Å²) in [5, 5.41) is 11.8. The minimum absolute atomic E-state index is 0.0503. The van der Waals surface area contributed by atoms with Crippen LogP contribution >= 0.6 is 0 Å². The maximum absolute atomic E-state index is 12.8. The third-order valence-electron chi connectivity index (χ3n) is 3.89. The van der Waals surface area contributed by atoms with Crippen LogP contribution in [-0.4, -0.2) is 42.4 Å². The lowest BCUT2D eigenvalue weighted by atomic mass is 10.1. The number of anilines is 1. The van der Waals surface area contributed by atoms with Gasteiger partial charge in [0.15, 0.2) is 0 Å². The van der Waals surface area contributed by atoms with Crippen molar-refractivity contribution in [2.75, 3.05) is 18.5 Å². The molecule has 1 aromatic rings. The molecule has 1 unspecified atom stereocenters. The molecule has 0 aliphatic carbocycles. The molecule has 1 saturated heterocycles. The number of nitrogens with two attached hydrogens (primary N) is 1. The van der Waals surface area contributed by atoms with E-state index in [0.717, 1.165) is 34.2 Å². The number of aliphatic imine (C=N–C) groups is 1. The summed E-state index contributed by atoms with van der Waals surface area (Å²) in [6.45, 7) is 2.03. The molecule has 2 rings (SSSR count). The van der Waals surface area contributed by atoms with Crippen molar-refractivity contribution >= 4 is 23.6 Å². The van der Waals surface area contributed by atoms with Crippen molar-refractivity contribution in [3.8, 4) is 6.07 Å². The van der Waals surface area contributed by atoms with Gasteiger partial charge in [0.05, 0.1) is 18.3 Å². The zero-order valence-electron chi connectivity index (χ0n) is 15.0. The standard InChI is InChI=1S/C17H17F3N6O2/c1-10-9-26(16(28)24-10)15(22)23-8-11(7-21)14(27)25(2)13-5-3-4-12(6-13)17(18,19)20/h3-6,8,10H,9H2,1-2H3,(H2,22,23)(H,24,28). The molecule has 0 saturated carbocycles. The van der Waals surface area contributed by atoms with Crippen molar-refractivity contribution in [1.82, 2.24) is 10.2 Å². The van der Waals surface area contributed by atoms with E-state index in [1.54, 1.807) is 13.0 Å². The summed E-state index contributed by atoms with van der Waals surface area (Å²) in [5.41, 5.74) is 4.26. The molecule has 28 heavy (non-hydrogen) atoms. The molecule has 148 valence electrons. The van der Waals surface area contributed by atoms with Gasteiger partial charge in [-0.15, -0.1) is 0 Å². The van der Waals surface area contributed by atoms with E-state index in [1.165, 1.54) is 13.1 Å². The number of hydrogen-bond donors (Lipinski definition) is 2. The quantitative estimate of drug-likeness (QED) is 0.352. The number of urea groups is 1. The second-order valence-electron chi connectivity index (χ2n) is 6.02. The first-order chi connectivity index (χ1) is 13.0. The van der Waals surface area contributed by atoms with Crippen molar-refractivity contribution in [3.05, 3.63) is 41.6 Å². The Morgan fingerprint density at radius 2 is 2.18 bits per heavy atom. The Morgan fingerprint density at radius 3 is 2.71 bits per heavy atom. The Bertz CT molecular complexity index is 888. The molecule has 1 aliphatic rings. The molecule has 1 fully saturated rings. The Labute approximate surface area is 158 Å². The Morgan fingerprint density at radius 1 is 1.50 bits per heavy atom. The number of nitriles is 1. The van der Waals surface area contributed by atoms with E-state index in [1.807, 2.05) is 0 Å². The Hall–Kier alpha value is -3.55. The van der Waals surface area contributed by atoms with Crippen LogP contribution in [-0.2, 0) is 11.0 Å². The molecule has 1 heterocycles. The van der Waals surface area contributed by atoms with Gasteiger partial charge in [0.1, 0.15) is 11.6 Å². The maximum atomic E-state index is 12.8. The lowest BCUT2D eigenvalue weighted by molar-refractivity contribution is -0.137. The fourth-order valence-corrected chi connectivity index (χ4v) is 2.41. The monoisotopic (exact) mass is 394 g/mol. The number of halogens is 3. The number of amides is 3. The molecule has 0 bridgehead atoms. The first-order valence-corrected chi connectivity index (χ1v) is 8.01. The molecule has 1 aliphatic heterocycles. The first-order valence-electron chi connectivity index (χ1n) is 8.01. The van der Waals surface area contributed by atoms with Crippen molar-refractivity contribution in [3.63, 3.8) is 0 Å². The highest BCUT2D eigenvalue weighted by molar-refractivity contribution is 6.08. The van der Waals surface area contributed by atoms with Gasteiger partial charge >= 0.3 is 12.2 Å². The number of rotatable bonds is 3. The van der Waals surface area contributed by atoms with E-state index in [4.69, 9.17) is 5.73 Å². The van der Waals surface area contributed by atoms with Gasteiger partial charge in [0.25, 0.3) is 5.91 Å². The fourth-order valence-electron chi connectivity index (χ4n) is 2.41. The summed E-state index contributed by atoms with van der Waals surface area (Å²) in [6, 6.07) is 5.14. The zero-order chi connectivity index (χ0) is 21.1. The van der Waals surface area contributed by atoms with Crippen molar-refractivity contribution in [2.45, 2.75) is 19.1 Å². The summed E-state index contributed by atoms with van der Waals surface area (Å²) in [6.07, 6.45) is -3.70. The smallest absolute Gasteiger partial charge is 0.369 e. The van der Waals surface area contributed by atoms with E-state index in [9.17, 15) is 28.0 Å². The number of carbonyl (C=O) groups is 2. The topological polar surface area (TPSA) is 115 Å².